The van der Waals surface area contributed by atoms with Crippen molar-refractivity contribution >= 4 is 28.9 Å². The summed E-state index contributed by atoms with van der Waals surface area (Å²) < 4.78 is 16.7. The quantitative estimate of drug-likeness (QED) is 0.289. The van der Waals surface area contributed by atoms with E-state index in [9.17, 15) is 9.59 Å². The summed E-state index contributed by atoms with van der Waals surface area (Å²) in [7, 11) is 3.18. The first kappa shape index (κ1) is 25.3. The van der Waals surface area contributed by atoms with Crippen LogP contribution in [0.3, 0.4) is 0 Å². The summed E-state index contributed by atoms with van der Waals surface area (Å²) in [5.41, 5.74) is 3.98. The SMILES string of the molecule is COc1ccc(NC(=O)N2c3ccccc3NC3=C(C(=O)C[C@@H](c4ccco4)C3)[C@@H]2c2ccccc2OC)cc1. The van der Waals surface area contributed by atoms with Crippen LogP contribution in [0.2, 0.25) is 0 Å². The van der Waals surface area contributed by atoms with Crippen LogP contribution in [0.25, 0.3) is 0 Å². The fourth-order valence-electron chi connectivity index (χ4n) is 5.58. The Bertz CT molecular complexity index is 1580. The van der Waals surface area contributed by atoms with Gasteiger partial charge in [-0.25, -0.2) is 4.79 Å². The number of ether oxygens (including phenoxy) is 2. The Morgan fingerprint density at radius 3 is 2.45 bits per heavy atom. The molecule has 0 spiro atoms. The standard InChI is InChI=1S/C32H29N3O5/c1-38-22-15-13-21(14-16-22)33-32(37)35-26-10-5-4-9-24(26)34-25-18-20(28-12-7-17-40-28)19-27(36)30(25)31(35)23-8-3-6-11-29(23)39-2/h3-17,20,31,34H,18-19H2,1-2H3,(H,33,37)/t20-,31-/m0/s1. The summed E-state index contributed by atoms with van der Waals surface area (Å²) in [6.45, 7) is 0. The smallest absolute Gasteiger partial charge is 0.327 e. The number of hydrogen-bond donors (Lipinski definition) is 2. The minimum absolute atomic E-state index is 0.0545. The van der Waals surface area contributed by atoms with Gasteiger partial charge in [-0.2, -0.15) is 0 Å². The molecule has 8 nitrogen and oxygen atoms in total. The fraction of sp³-hybridized carbons (Fsp3) is 0.188. The van der Waals surface area contributed by atoms with Gasteiger partial charge in [-0.05, 0) is 61.0 Å². The van der Waals surface area contributed by atoms with Gasteiger partial charge in [0.15, 0.2) is 5.78 Å². The normalized spacial score (nSPS) is 18.2. The Morgan fingerprint density at radius 1 is 0.925 bits per heavy atom. The zero-order valence-electron chi connectivity index (χ0n) is 22.2. The number of amides is 2. The second-order valence-electron chi connectivity index (χ2n) is 9.75. The number of urea groups is 1. The van der Waals surface area contributed by atoms with Crippen molar-refractivity contribution in [1.82, 2.24) is 0 Å². The number of benzene rings is 3. The van der Waals surface area contributed by atoms with E-state index in [1.807, 2.05) is 60.7 Å². The number of nitrogens with one attached hydrogen (secondary N) is 2. The number of fused-ring (bicyclic) bond motifs is 1. The second kappa shape index (κ2) is 10.6. The van der Waals surface area contributed by atoms with Crippen molar-refractivity contribution in [3.8, 4) is 11.5 Å². The summed E-state index contributed by atoms with van der Waals surface area (Å²) in [6, 6.07) is 24.8. The van der Waals surface area contributed by atoms with Gasteiger partial charge in [-0.3, -0.25) is 9.69 Å². The molecule has 2 N–H and O–H groups in total. The van der Waals surface area contributed by atoms with Crippen LogP contribution < -0.4 is 25.0 Å². The molecular weight excluding hydrogens is 506 g/mol. The molecule has 40 heavy (non-hydrogen) atoms. The average molecular weight is 536 g/mol. The maximum absolute atomic E-state index is 14.2. The first-order valence-electron chi connectivity index (χ1n) is 13.1. The molecule has 0 bridgehead atoms. The third-order valence-corrected chi connectivity index (χ3v) is 7.43. The molecule has 0 saturated heterocycles. The van der Waals surface area contributed by atoms with Gasteiger partial charge < -0.3 is 24.5 Å². The molecule has 2 heterocycles. The highest BCUT2D eigenvalue weighted by molar-refractivity contribution is 6.09. The Hall–Kier alpha value is -4.98. The van der Waals surface area contributed by atoms with Crippen LogP contribution in [0.1, 0.15) is 36.1 Å². The molecule has 6 rings (SSSR count). The summed E-state index contributed by atoms with van der Waals surface area (Å²) in [5.74, 6) is 1.87. The van der Waals surface area contributed by atoms with Crippen LogP contribution in [0.15, 0.2) is 107 Å². The predicted octanol–water partition coefficient (Wildman–Crippen LogP) is 6.90. The van der Waals surface area contributed by atoms with Gasteiger partial charge in [0.05, 0.1) is 37.9 Å². The molecule has 3 aromatic carbocycles. The molecule has 2 atom stereocenters. The monoisotopic (exact) mass is 535 g/mol. The molecule has 4 aromatic rings. The molecule has 2 amide bonds. The second-order valence-corrected chi connectivity index (χ2v) is 9.75. The largest absolute Gasteiger partial charge is 0.497 e. The maximum Gasteiger partial charge on any atom is 0.327 e. The predicted molar refractivity (Wildman–Crippen MR) is 153 cm³/mol. The molecular formula is C32H29N3O5. The van der Waals surface area contributed by atoms with Gasteiger partial charge in [-0.15, -0.1) is 0 Å². The lowest BCUT2D eigenvalue weighted by molar-refractivity contribution is -0.116. The van der Waals surface area contributed by atoms with E-state index < -0.39 is 6.04 Å². The summed E-state index contributed by atoms with van der Waals surface area (Å²) in [4.78, 5) is 29.9. The number of anilines is 3. The third kappa shape index (κ3) is 4.58. The van der Waals surface area contributed by atoms with Crippen LogP contribution >= 0.6 is 0 Å². The maximum atomic E-state index is 14.2. The molecule has 202 valence electrons. The van der Waals surface area contributed by atoms with E-state index in [4.69, 9.17) is 13.9 Å². The number of para-hydroxylation sites is 3. The first-order valence-corrected chi connectivity index (χ1v) is 13.1. The number of rotatable bonds is 5. The Labute approximate surface area is 232 Å². The Morgan fingerprint density at radius 2 is 1.70 bits per heavy atom. The van der Waals surface area contributed by atoms with E-state index in [-0.39, 0.29) is 24.2 Å². The summed E-state index contributed by atoms with van der Waals surface area (Å²) >= 11 is 0. The highest BCUT2D eigenvalue weighted by Crippen LogP contribution is 2.49. The average Bonchev–Trinajstić information content (AvgIpc) is 3.48. The van der Waals surface area contributed by atoms with Gasteiger partial charge in [0, 0.05) is 34.9 Å². The molecule has 8 heteroatoms. The number of allylic oxidation sites excluding steroid dienone is 1. The van der Waals surface area contributed by atoms with Crippen molar-refractivity contribution in [2.75, 3.05) is 29.8 Å². The van der Waals surface area contributed by atoms with Crippen molar-refractivity contribution in [2.24, 2.45) is 0 Å². The fourth-order valence-corrected chi connectivity index (χ4v) is 5.58. The topological polar surface area (TPSA) is 93.0 Å². The van der Waals surface area contributed by atoms with Gasteiger partial charge >= 0.3 is 6.03 Å². The first-order chi connectivity index (χ1) is 19.6. The number of furan rings is 1. The number of ketones is 1. The number of carbonyl (C=O) groups is 2. The number of nitrogens with zero attached hydrogens (tertiary/aromatic N) is 1. The van der Waals surface area contributed by atoms with Crippen LogP contribution in [-0.4, -0.2) is 26.0 Å². The Kier molecular flexibility index (Phi) is 6.74. The van der Waals surface area contributed by atoms with Crippen LogP contribution in [0, 0.1) is 0 Å². The zero-order chi connectivity index (χ0) is 27.6. The molecule has 1 aromatic heterocycles. The van der Waals surface area contributed by atoms with Crippen molar-refractivity contribution in [1.29, 1.82) is 0 Å². The molecule has 0 radical (unpaired) electrons. The van der Waals surface area contributed by atoms with E-state index in [0.717, 1.165) is 17.1 Å². The van der Waals surface area contributed by atoms with Gasteiger partial charge in [0.25, 0.3) is 0 Å². The molecule has 1 aliphatic heterocycles. The van der Waals surface area contributed by atoms with Gasteiger partial charge in [0.2, 0.25) is 0 Å². The Balaban J connectivity index is 1.52. The zero-order valence-corrected chi connectivity index (χ0v) is 22.2. The number of methoxy groups -OCH3 is 2. The summed E-state index contributed by atoms with van der Waals surface area (Å²) in [6.07, 6.45) is 2.45. The van der Waals surface area contributed by atoms with Crippen molar-refractivity contribution in [3.63, 3.8) is 0 Å². The van der Waals surface area contributed by atoms with Crippen molar-refractivity contribution in [3.05, 3.63) is 114 Å². The van der Waals surface area contributed by atoms with E-state index in [1.54, 1.807) is 49.6 Å². The lowest BCUT2D eigenvalue weighted by Crippen LogP contribution is -2.41. The van der Waals surface area contributed by atoms with E-state index in [2.05, 4.69) is 10.6 Å². The highest BCUT2D eigenvalue weighted by atomic mass is 16.5. The van der Waals surface area contributed by atoms with Crippen LogP contribution in [0.5, 0.6) is 11.5 Å². The lowest BCUT2D eigenvalue weighted by atomic mass is 9.80. The van der Waals surface area contributed by atoms with Gasteiger partial charge in [0.1, 0.15) is 17.3 Å². The van der Waals surface area contributed by atoms with E-state index >= 15 is 0 Å². The van der Waals surface area contributed by atoms with Crippen molar-refractivity contribution in [2.45, 2.75) is 24.8 Å². The molecule has 0 fully saturated rings. The van der Waals surface area contributed by atoms with Crippen molar-refractivity contribution < 1.29 is 23.5 Å². The van der Waals surface area contributed by atoms with Gasteiger partial charge in [-0.1, -0.05) is 30.3 Å². The van der Waals surface area contributed by atoms with E-state index in [0.29, 0.717) is 40.4 Å². The van der Waals surface area contributed by atoms with Crippen LogP contribution in [0.4, 0.5) is 21.9 Å². The molecule has 1 aliphatic carbocycles. The molecule has 0 saturated carbocycles. The third-order valence-electron chi connectivity index (χ3n) is 7.43. The lowest BCUT2D eigenvalue weighted by Gasteiger charge is -2.35. The number of Topliss-reactive ketones (excluding diaryl/α,β-unsaturated/α-hetero) is 1. The van der Waals surface area contributed by atoms with Crippen LogP contribution in [-0.2, 0) is 4.79 Å². The molecule has 2 aliphatic rings. The summed E-state index contributed by atoms with van der Waals surface area (Å²) in [5, 5.41) is 6.55. The number of carbonyl (C=O) groups excluding carboxylic acids is 2. The van der Waals surface area contributed by atoms with E-state index in [1.165, 1.54) is 0 Å². The molecule has 0 unspecified atom stereocenters. The minimum atomic E-state index is -0.745. The number of hydrogen-bond acceptors (Lipinski definition) is 6. The minimum Gasteiger partial charge on any atom is -0.497 e. The highest BCUT2D eigenvalue weighted by Gasteiger charge is 2.43.